The molecule has 0 unspecified atom stereocenters. The monoisotopic (exact) mass is 335 g/mol. The molecule has 3 heterocycles. The molecule has 0 aliphatic carbocycles. The highest BCUT2D eigenvalue weighted by Crippen LogP contribution is 2.33. The van der Waals surface area contributed by atoms with Gasteiger partial charge in [0.2, 0.25) is 11.8 Å². The maximum absolute atomic E-state index is 13.0. The zero-order valence-electron chi connectivity index (χ0n) is 14.7. The van der Waals surface area contributed by atoms with E-state index < -0.39 is 5.54 Å². The number of carbonyl (C=O) groups excluding carboxylic acids is 2. The van der Waals surface area contributed by atoms with E-state index in [4.69, 9.17) is 4.74 Å². The Bertz CT molecular complexity index is 494. The number of nitrogens with zero attached hydrogens (tertiary/aromatic N) is 3. The number of hydrogen-bond acceptors (Lipinski definition) is 4. The first-order valence-electron chi connectivity index (χ1n) is 9.06. The van der Waals surface area contributed by atoms with E-state index in [0.29, 0.717) is 32.8 Å². The van der Waals surface area contributed by atoms with E-state index in [1.165, 1.54) is 0 Å². The minimum atomic E-state index is -0.437. The molecule has 134 valence electrons. The molecule has 0 aromatic carbocycles. The van der Waals surface area contributed by atoms with Crippen LogP contribution >= 0.6 is 0 Å². The fourth-order valence-electron chi connectivity index (χ4n) is 4.27. The zero-order chi connectivity index (χ0) is 17.2. The van der Waals surface area contributed by atoms with Gasteiger partial charge in [-0.25, -0.2) is 0 Å². The Morgan fingerprint density at radius 3 is 2.54 bits per heavy atom. The van der Waals surface area contributed by atoms with Gasteiger partial charge in [0, 0.05) is 51.9 Å². The van der Waals surface area contributed by atoms with Gasteiger partial charge in [0.1, 0.15) is 5.54 Å². The molecule has 3 rings (SSSR count). The highest BCUT2D eigenvalue weighted by atomic mass is 16.5. The van der Waals surface area contributed by atoms with Gasteiger partial charge < -0.3 is 14.5 Å². The van der Waals surface area contributed by atoms with E-state index in [1.54, 1.807) is 6.08 Å². The second-order valence-electron chi connectivity index (χ2n) is 7.20. The molecule has 0 bridgehead atoms. The molecule has 3 fully saturated rings. The van der Waals surface area contributed by atoms with Crippen molar-refractivity contribution >= 4 is 11.8 Å². The molecule has 3 aliphatic heterocycles. The van der Waals surface area contributed by atoms with Crippen LogP contribution in [0.2, 0.25) is 0 Å². The number of hydrogen-bond donors (Lipinski definition) is 0. The summed E-state index contributed by atoms with van der Waals surface area (Å²) in [5, 5.41) is 0. The largest absolute Gasteiger partial charge is 0.381 e. The summed E-state index contributed by atoms with van der Waals surface area (Å²) in [5.74, 6) is 0.557. The average Bonchev–Trinajstić information content (AvgIpc) is 2.63. The second kappa shape index (κ2) is 7.23. The third-order valence-corrected chi connectivity index (χ3v) is 5.94. The van der Waals surface area contributed by atoms with Gasteiger partial charge >= 0.3 is 0 Å². The number of carbonyl (C=O) groups is 2. The molecule has 0 atom stereocenters. The van der Waals surface area contributed by atoms with E-state index in [-0.39, 0.29) is 17.7 Å². The first-order valence-corrected chi connectivity index (χ1v) is 9.06. The van der Waals surface area contributed by atoms with Crippen LogP contribution in [0.1, 0.15) is 25.7 Å². The summed E-state index contributed by atoms with van der Waals surface area (Å²) in [5.41, 5.74) is -0.437. The van der Waals surface area contributed by atoms with Crippen LogP contribution in [0.15, 0.2) is 12.7 Å². The van der Waals surface area contributed by atoms with Crippen LogP contribution in [-0.2, 0) is 14.3 Å². The van der Waals surface area contributed by atoms with Crippen LogP contribution in [0.5, 0.6) is 0 Å². The fraction of sp³-hybridized carbons (Fsp3) is 0.778. The third kappa shape index (κ3) is 3.09. The Morgan fingerprint density at radius 2 is 1.92 bits per heavy atom. The van der Waals surface area contributed by atoms with Crippen molar-refractivity contribution in [2.75, 3.05) is 53.0 Å². The summed E-state index contributed by atoms with van der Waals surface area (Å²) in [6, 6.07) is 0. The Balaban J connectivity index is 1.64. The number of piperidine rings is 1. The lowest BCUT2D eigenvalue weighted by Crippen LogP contribution is -2.68. The smallest absolute Gasteiger partial charge is 0.243 e. The average molecular weight is 335 g/mol. The molecule has 3 aliphatic rings. The van der Waals surface area contributed by atoms with Gasteiger partial charge in [0.25, 0.3) is 0 Å². The van der Waals surface area contributed by atoms with Crippen molar-refractivity contribution in [1.29, 1.82) is 0 Å². The van der Waals surface area contributed by atoms with Gasteiger partial charge in [-0.3, -0.25) is 14.5 Å². The second-order valence-corrected chi connectivity index (χ2v) is 7.20. The van der Waals surface area contributed by atoms with Gasteiger partial charge in [0.05, 0.1) is 0 Å². The number of likely N-dealkylation sites (N-methyl/N-ethyl adjacent to an activating group) is 1. The Morgan fingerprint density at radius 1 is 1.25 bits per heavy atom. The zero-order valence-corrected chi connectivity index (χ0v) is 14.7. The molecule has 0 N–H and O–H groups in total. The highest BCUT2D eigenvalue weighted by molar-refractivity contribution is 5.88. The van der Waals surface area contributed by atoms with Crippen molar-refractivity contribution < 1.29 is 14.3 Å². The molecule has 6 nitrogen and oxygen atoms in total. The SMILES string of the molecule is C=CCN1CCN(C)C2(CCN(C(=O)C3CCOCC3)CC2)C1=O. The number of ether oxygens (including phenoxy) is 1. The van der Waals surface area contributed by atoms with Crippen molar-refractivity contribution in [1.82, 2.24) is 14.7 Å². The summed E-state index contributed by atoms with van der Waals surface area (Å²) in [7, 11) is 2.04. The molecule has 24 heavy (non-hydrogen) atoms. The van der Waals surface area contributed by atoms with Gasteiger partial charge in [0.15, 0.2) is 0 Å². The van der Waals surface area contributed by atoms with E-state index in [2.05, 4.69) is 11.5 Å². The Kier molecular flexibility index (Phi) is 5.25. The molecule has 0 aromatic heterocycles. The molecule has 0 aromatic rings. The standard InChI is InChI=1S/C18H29N3O3/c1-3-8-21-12-11-19(2)18(17(21)23)6-9-20(10-7-18)16(22)15-4-13-24-14-5-15/h3,15H,1,4-14H2,2H3. The predicted molar refractivity (Wildman–Crippen MR) is 91.5 cm³/mol. The third-order valence-electron chi connectivity index (χ3n) is 5.94. The first-order chi connectivity index (χ1) is 11.6. The van der Waals surface area contributed by atoms with Crippen molar-refractivity contribution in [3.05, 3.63) is 12.7 Å². The topological polar surface area (TPSA) is 53.1 Å². The van der Waals surface area contributed by atoms with Crippen molar-refractivity contribution in [2.45, 2.75) is 31.2 Å². The predicted octanol–water partition coefficient (Wildman–Crippen LogP) is 0.734. The summed E-state index contributed by atoms with van der Waals surface area (Å²) < 4.78 is 5.35. The van der Waals surface area contributed by atoms with E-state index >= 15 is 0 Å². The molecule has 0 radical (unpaired) electrons. The van der Waals surface area contributed by atoms with Crippen LogP contribution in [0, 0.1) is 5.92 Å². The van der Waals surface area contributed by atoms with Gasteiger partial charge in [-0.05, 0) is 32.7 Å². The van der Waals surface area contributed by atoms with Gasteiger partial charge in [-0.15, -0.1) is 6.58 Å². The van der Waals surface area contributed by atoms with E-state index in [9.17, 15) is 9.59 Å². The van der Waals surface area contributed by atoms with E-state index in [1.807, 2.05) is 16.8 Å². The molecule has 2 amide bonds. The van der Waals surface area contributed by atoms with Crippen molar-refractivity contribution in [3.8, 4) is 0 Å². The number of rotatable bonds is 3. The quantitative estimate of drug-likeness (QED) is 0.714. The molecule has 0 saturated carbocycles. The molecule has 1 spiro atoms. The van der Waals surface area contributed by atoms with Crippen LogP contribution < -0.4 is 0 Å². The molecule has 3 saturated heterocycles. The summed E-state index contributed by atoms with van der Waals surface area (Å²) in [4.78, 5) is 31.8. The van der Waals surface area contributed by atoms with Crippen LogP contribution in [0.4, 0.5) is 0 Å². The van der Waals surface area contributed by atoms with Crippen molar-refractivity contribution in [3.63, 3.8) is 0 Å². The first kappa shape index (κ1) is 17.4. The molecular weight excluding hydrogens is 306 g/mol. The number of amides is 2. The molecule has 6 heteroatoms. The van der Waals surface area contributed by atoms with Crippen LogP contribution in [-0.4, -0.2) is 85.0 Å². The van der Waals surface area contributed by atoms with Crippen LogP contribution in [0.25, 0.3) is 0 Å². The van der Waals surface area contributed by atoms with Gasteiger partial charge in [-0.1, -0.05) is 6.08 Å². The maximum Gasteiger partial charge on any atom is 0.243 e. The van der Waals surface area contributed by atoms with Crippen molar-refractivity contribution in [2.24, 2.45) is 5.92 Å². The number of piperazine rings is 1. The summed E-state index contributed by atoms with van der Waals surface area (Å²) in [6.07, 6.45) is 4.90. The minimum absolute atomic E-state index is 0.102. The number of likely N-dealkylation sites (tertiary alicyclic amines) is 1. The Labute approximate surface area is 144 Å². The molecular formula is C18H29N3O3. The Hall–Kier alpha value is -1.40. The summed E-state index contributed by atoms with van der Waals surface area (Å²) in [6.45, 7) is 8.73. The lowest BCUT2D eigenvalue weighted by Gasteiger charge is -2.51. The lowest BCUT2D eigenvalue weighted by atomic mass is 9.82. The fourth-order valence-corrected chi connectivity index (χ4v) is 4.27. The van der Waals surface area contributed by atoms with Gasteiger partial charge in [-0.2, -0.15) is 0 Å². The van der Waals surface area contributed by atoms with E-state index in [0.717, 1.165) is 38.8 Å². The normalized spacial score (nSPS) is 26.0. The maximum atomic E-state index is 13.0. The highest BCUT2D eigenvalue weighted by Gasteiger charge is 2.49. The minimum Gasteiger partial charge on any atom is -0.381 e. The van der Waals surface area contributed by atoms with Crippen LogP contribution in [0.3, 0.4) is 0 Å². The summed E-state index contributed by atoms with van der Waals surface area (Å²) >= 11 is 0. The lowest BCUT2D eigenvalue weighted by molar-refractivity contribution is -0.157.